The van der Waals surface area contributed by atoms with E-state index in [1.807, 2.05) is 32.9 Å². The molecule has 6 heteroatoms. The van der Waals surface area contributed by atoms with Gasteiger partial charge in [0.1, 0.15) is 17.5 Å². The Bertz CT molecular complexity index is 609. The number of piperidine rings is 1. The van der Waals surface area contributed by atoms with Crippen molar-refractivity contribution in [1.29, 1.82) is 0 Å². The minimum atomic E-state index is -0.472. The Labute approximate surface area is 156 Å². The van der Waals surface area contributed by atoms with Gasteiger partial charge in [-0.3, -0.25) is 0 Å². The van der Waals surface area contributed by atoms with Crippen LogP contribution in [0.1, 0.15) is 33.6 Å². The predicted molar refractivity (Wildman–Crippen MR) is 103 cm³/mol. The number of hydrogen-bond acceptors (Lipinski definition) is 5. The molecule has 0 aromatic heterocycles. The lowest BCUT2D eigenvalue weighted by atomic mass is 10.1. The summed E-state index contributed by atoms with van der Waals surface area (Å²) in [6, 6.07) is 8.21. The molecule has 0 spiro atoms. The van der Waals surface area contributed by atoms with E-state index in [4.69, 9.17) is 9.47 Å². The number of nitrogens with zero attached hydrogens (tertiary/aromatic N) is 2. The van der Waals surface area contributed by atoms with E-state index < -0.39 is 5.60 Å². The van der Waals surface area contributed by atoms with Crippen LogP contribution >= 0.6 is 0 Å². The molecule has 0 aliphatic carbocycles. The van der Waals surface area contributed by atoms with Gasteiger partial charge in [-0.1, -0.05) is 12.1 Å². The van der Waals surface area contributed by atoms with Gasteiger partial charge < -0.3 is 24.6 Å². The highest BCUT2D eigenvalue weighted by molar-refractivity contribution is 5.68. The molecule has 2 aliphatic heterocycles. The summed E-state index contributed by atoms with van der Waals surface area (Å²) in [6.07, 6.45) is 1.64. The van der Waals surface area contributed by atoms with E-state index in [0.29, 0.717) is 6.54 Å². The second-order valence-corrected chi connectivity index (χ2v) is 8.01. The Balaban J connectivity index is 1.64. The molecule has 2 fully saturated rings. The highest BCUT2D eigenvalue weighted by Crippen LogP contribution is 2.30. The Kier molecular flexibility index (Phi) is 5.91. The van der Waals surface area contributed by atoms with Crippen LogP contribution in [0.15, 0.2) is 24.3 Å². The maximum Gasteiger partial charge on any atom is 0.410 e. The van der Waals surface area contributed by atoms with Crippen molar-refractivity contribution < 1.29 is 14.3 Å². The molecule has 0 radical (unpaired) electrons. The van der Waals surface area contributed by atoms with Crippen LogP contribution in [0.5, 0.6) is 5.75 Å². The third kappa shape index (κ3) is 5.04. The first-order valence-corrected chi connectivity index (χ1v) is 9.62. The SMILES string of the molecule is CC(C)(C)OC(=O)N1CCC[C@@H](Oc2ccccc2N2CCNCC2)C1. The van der Waals surface area contributed by atoms with Crippen LogP contribution in [-0.2, 0) is 4.74 Å². The average molecular weight is 361 g/mol. The van der Waals surface area contributed by atoms with Crippen LogP contribution in [0.3, 0.4) is 0 Å². The summed E-state index contributed by atoms with van der Waals surface area (Å²) in [6.45, 7) is 10.9. The van der Waals surface area contributed by atoms with Gasteiger partial charge >= 0.3 is 6.09 Å². The summed E-state index contributed by atoms with van der Waals surface area (Å²) in [7, 11) is 0. The highest BCUT2D eigenvalue weighted by Gasteiger charge is 2.29. The zero-order valence-corrected chi connectivity index (χ0v) is 16.2. The summed E-state index contributed by atoms with van der Waals surface area (Å²) in [5.41, 5.74) is 0.670. The van der Waals surface area contributed by atoms with E-state index in [2.05, 4.69) is 22.3 Å². The maximum atomic E-state index is 12.4. The fourth-order valence-corrected chi connectivity index (χ4v) is 3.43. The number of para-hydroxylation sites is 2. The van der Waals surface area contributed by atoms with Gasteiger partial charge in [0.25, 0.3) is 0 Å². The Morgan fingerprint density at radius 3 is 2.62 bits per heavy atom. The first-order valence-electron chi connectivity index (χ1n) is 9.62. The molecule has 0 unspecified atom stereocenters. The molecule has 1 amide bonds. The van der Waals surface area contributed by atoms with Crippen LogP contribution in [-0.4, -0.2) is 62.0 Å². The molecule has 3 rings (SSSR count). The molecule has 2 heterocycles. The van der Waals surface area contributed by atoms with Gasteiger partial charge in [-0.05, 0) is 45.7 Å². The van der Waals surface area contributed by atoms with E-state index in [9.17, 15) is 4.79 Å². The Morgan fingerprint density at radius 2 is 1.88 bits per heavy atom. The van der Waals surface area contributed by atoms with E-state index >= 15 is 0 Å². The number of benzene rings is 1. The van der Waals surface area contributed by atoms with Crippen molar-refractivity contribution in [3.63, 3.8) is 0 Å². The predicted octanol–water partition coefficient (Wildman–Crippen LogP) is 2.87. The number of rotatable bonds is 3. The number of hydrogen-bond donors (Lipinski definition) is 1. The zero-order chi connectivity index (χ0) is 18.6. The smallest absolute Gasteiger partial charge is 0.410 e. The molecule has 1 aromatic carbocycles. The molecule has 0 bridgehead atoms. The number of piperazine rings is 1. The number of carbonyl (C=O) groups excluding carboxylic acids is 1. The highest BCUT2D eigenvalue weighted by atomic mass is 16.6. The molecule has 1 aromatic rings. The fraction of sp³-hybridized carbons (Fsp3) is 0.650. The van der Waals surface area contributed by atoms with Gasteiger partial charge in [0.15, 0.2) is 0 Å². The van der Waals surface area contributed by atoms with Crippen molar-refractivity contribution in [2.75, 3.05) is 44.2 Å². The monoisotopic (exact) mass is 361 g/mol. The zero-order valence-electron chi connectivity index (χ0n) is 16.2. The van der Waals surface area contributed by atoms with Crippen LogP contribution < -0.4 is 15.0 Å². The van der Waals surface area contributed by atoms with Crippen molar-refractivity contribution >= 4 is 11.8 Å². The maximum absolute atomic E-state index is 12.4. The van der Waals surface area contributed by atoms with E-state index in [1.165, 1.54) is 0 Å². The third-order valence-corrected chi connectivity index (χ3v) is 4.65. The number of anilines is 1. The molecular formula is C20H31N3O3. The molecule has 1 atom stereocenters. The standard InChI is InChI=1S/C20H31N3O3/c1-20(2,3)26-19(24)23-12-6-7-16(15-23)25-18-9-5-4-8-17(18)22-13-10-21-11-14-22/h4-5,8-9,16,21H,6-7,10-15H2,1-3H3/t16-/m1/s1. The quantitative estimate of drug-likeness (QED) is 0.897. The van der Waals surface area contributed by atoms with Crippen LogP contribution in [0.2, 0.25) is 0 Å². The molecule has 2 saturated heterocycles. The molecule has 2 aliphatic rings. The molecule has 6 nitrogen and oxygen atoms in total. The lowest BCUT2D eigenvalue weighted by Gasteiger charge is -2.35. The van der Waals surface area contributed by atoms with E-state index in [0.717, 1.165) is 57.0 Å². The molecule has 0 saturated carbocycles. The second-order valence-electron chi connectivity index (χ2n) is 8.01. The lowest BCUT2D eigenvalue weighted by Crippen LogP contribution is -2.46. The number of nitrogens with one attached hydrogen (secondary N) is 1. The Morgan fingerprint density at radius 1 is 1.15 bits per heavy atom. The second kappa shape index (κ2) is 8.16. The van der Waals surface area contributed by atoms with Gasteiger partial charge in [-0.25, -0.2) is 4.79 Å². The molecule has 144 valence electrons. The number of amides is 1. The van der Waals surface area contributed by atoms with Gasteiger partial charge in [0.05, 0.1) is 12.2 Å². The van der Waals surface area contributed by atoms with Crippen LogP contribution in [0, 0.1) is 0 Å². The van der Waals surface area contributed by atoms with Gasteiger partial charge in [0.2, 0.25) is 0 Å². The van der Waals surface area contributed by atoms with E-state index in [1.54, 1.807) is 4.90 Å². The van der Waals surface area contributed by atoms with Crippen LogP contribution in [0.4, 0.5) is 10.5 Å². The lowest BCUT2D eigenvalue weighted by molar-refractivity contribution is 0.00781. The largest absolute Gasteiger partial charge is 0.486 e. The topological polar surface area (TPSA) is 54.0 Å². The normalized spacial score (nSPS) is 21.4. The van der Waals surface area contributed by atoms with E-state index in [-0.39, 0.29) is 12.2 Å². The van der Waals surface area contributed by atoms with Gasteiger partial charge in [-0.2, -0.15) is 0 Å². The van der Waals surface area contributed by atoms with Gasteiger partial charge in [-0.15, -0.1) is 0 Å². The summed E-state index contributed by atoms with van der Waals surface area (Å²) in [4.78, 5) is 16.5. The minimum absolute atomic E-state index is 0.000309. The fourth-order valence-electron chi connectivity index (χ4n) is 3.43. The van der Waals surface area contributed by atoms with Crippen LogP contribution in [0.25, 0.3) is 0 Å². The first-order chi connectivity index (χ1) is 12.4. The third-order valence-electron chi connectivity index (χ3n) is 4.65. The molecule has 1 N–H and O–H groups in total. The number of ether oxygens (including phenoxy) is 2. The Hall–Kier alpha value is -1.95. The summed E-state index contributed by atoms with van der Waals surface area (Å²) >= 11 is 0. The summed E-state index contributed by atoms with van der Waals surface area (Å²) in [5, 5.41) is 3.38. The number of carbonyl (C=O) groups is 1. The van der Waals surface area contributed by atoms with Crippen molar-refractivity contribution in [1.82, 2.24) is 10.2 Å². The van der Waals surface area contributed by atoms with Crippen molar-refractivity contribution in [3.05, 3.63) is 24.3 Å². The van der Waals surface area contributed by atoms with Gasteiger partial charge in [0, 0.05) is 32.7 Å². The molecular weight excluding hydrogens is 330 g/mol. The van der Waals surface area contributed by atoms with Crippen molar-refractivity contribution in [3.8, 4) is 5.75 Å². The minimum Gasteiger partial charge on any atom is -0.486 e. The van der Waals surface area contributed by atoms with Crippen molar-refractivity contribution in [2.45, 2.75) is 45.3 Å². The number of likely N-dealkylation sites (tertiary alicyclic amines) is 1. The van der Waals surface area contributed by atoms with Crippen molar-refractivity contribution in [2.24, 2.45) is 0 Å². The molecule has 26 heavy (non-hydrogen) atoms. The average Bonchev–Trinajstić information content (AvgIpc) is 2.62. The summed E-state index contributed by atoms with van der Waals surface area (Å²) in [5.74, 6) is 0.908. The summed E-state index contributed by atoms with van der Waals surface area (Å²) < 4.78 is 11.8. The first kappa shape index (κ1) is 18.8.